The minimum atomic E-state index is -0.389. The van der Waals surface area contributed by atoms with Gasteiger partial charge in [0.25, 0.3) is 11.8 Å². The van der Waals surface area contributed by atoms with Gasteiger partial charge in [-0.25, -0.2) is 4.39 Å². The summed E-state index contributed by atoms with van der Waals surface area (Å²) in [6, 6.07) is 13.2. The van der Waals surface area contributed by atoms with Crippen LogP contribution in [-0.2, 0) is 16.0 Å². The lowest BCUT2D eigenvalue weighted by atomic mass is 10.1. The predicted molar refractivity (Wildman–Crippen MR) is 96.6 cm³/mol. The van der Waals surface area contributed by atoms with Gasteiger partial charge in [0.1, 0.15) is 12.4 Å². The van der Waals surface area contributed by atoms with Gasteiger partial charge in [-0.1, -0.05) is 19.1 Å². The van der Waals surface area contributed by atoms with E-state index >= 15 is 0 Å². The summed E-state index contributed by atoms with van der Waals surface area (Å²) in [5.41, 5.74) is 2.41. The Labute approximate surface area is 151 Å². The molecular weight excluding hydrogens is 335 g/mol. The Morgan fingerprint density at radius 2 is 1.88 bits per heavy atom. The zero-order chi connectivity index (χ0) is 18.5. The van der Waals surface area contributed by atoms with E-state index in [4.69, 9.17) is 4.74 Å². The van der Waals surface area contributed by atoms with Gasteiger partial charge >= 0.3 is 0 Å². The highest BCUT2D eigenvalue weighted by atomic mass is 19.1. The van der Waals surface area contributed by atoms with Crippen LogP contribution in [0.25, 0.3) is 0 Å². The number of halogens is 1. The summed E-state index contributed by atoms with van der Waals surface area (Å²) >= 11 is 0. The number of nitrogens with zero attached hydrogens (tertiary/aromatic N) is 1. The van der Waals surface area contributed by atoms with Crippen LogP contribution < -0.4 is 10.2 Å². The predicted octanol–water partition coefficient (Wildman–Crippen LogP) is 2.55. The Kier molecular flexibility index (Phi) is 5.63. The molecule has 0 radical (unpaired) electrons. The van der Waals surface area contributed by atoms with Gasteiger partial charge in [0, 0.05) is 17.8 Å². The molecule has 1 fully saturated rings. The number of benzene rings is 2. The molecule has 1 aliphatic heterocycles. The van der Waals surface area contributed by atoms with E-state index in [0.29, 0.717) is 12.1 Å². The second-order valence-electron chi connectivity index (χ2n) is 6.17. The van der Waals surface area contributed by atoms with Crippen molar-refractivity contribution in [3.05, 3.63) is 65.5 Å². The summed E-state index contributed by atoms with van der Waals surface area (Å²) in [6.45, 7) is 2.70. The molecule has 2 aromatic rings. The molecule has 3 rings (SSSR count). The number of ether oxygens (including phenoxy) is 1. The summed E-state index contributed by atoms with van der Waals surface area (Å²) in [4.78, 5) is 26.0. The Morgan fingerprint density at radius 1 is 1.19 bits per heavy atom. The van der Waals surface area contributed by atoms with Crippen LogP contribution in [0.5, 0.6) is 0 Å². The molecule has 0 aliphatic carbocycles. The van der Waals surface area contributed by atoms with Crippen LogP contribution in [0.2, 0.25) is 0 Å². The highest BCUT2D eigenvalue weighted by Gasteiger charge is 2.27. The van der Waals surface area contributed by atoms with Gasteiger partial charge in [-0.15, -0.1) is 0 Å². The second-order valence-corrected chi connectivity index (χ2v) is 6.17. The SMILES string of the molecule is CCc1ccc(N2CC(CNC(=O)c3ccc(F)cc3)OCC2=O)cc1. The normalized spacial score (nSPS) is 17.2. The molecule has 26 heavy (non-hydrogen) atoms. The Balaban J connectivity index is 1.59. The van der Waals surface area contributed by atoms with Crippen LogP contribution in [0.3, 0.4) is 0 Å². The average molecular weight is 356 g/mol. The summed E-state index contributed by atoms with van der Waals surface area (Å²) in [5.74, 6) is -0.792. The average Bonchev–Trinajstić information content (AvgIpc) is 2.68. The standard InChI is InChI=1S/C20H21FN2O3/c1-2-14-3-9-17(10-4-14)23-12-18(26-13-19(23)24)11-22-20(25)15-5-7-16(21)8-6-15/h3-10,18H,2,11-13H2,1H3,(H,22,25). The number of anilines is 1. The number of nitrogens with one attached hydrogen (secondary N) is 1. The third-order valence-corrected chi connectivity index (χ3v) is 4.38. The number of carbonyl (C=O) groups excluding carboxylic acids is 2. The summed E-state index contributed by atoms with van der Waals surface area (Å²) in [5, 5.41) is 2.77. The van der Waals surface area contributed by atoms with E-state index in [9.17, 15) is 14.0 Å². The van der Waals surface area contributed by atoms with Crippen LogP contribution in [0.4, 0.5) is 10.1 Å². The van der Waals surface area contributed by atoms with Gasteiger partial charge in [0.05, 0.1) is 12.6 Å². The van der Waals surface area contributed by atoms with Crippen molar-refractivity contribution in [3.63, 3.8) is 0 Å². The van der Waals surface area contributed by atoms with Crippen LogP contribution in [0.1, 0.15) is 22.8 Å². The number of aryl methyl sites for hydroxylation is 1. The fraction of sp³-hybridized carbons (Fsp3) is 0.300. The zero-order valence-electron chi connectivity index (χ0n) is 14.6. The Morgan fingerprint density at radius 3 is 2.54 bits per heavy atom. The number of amides is 2. The van der Waals surface area contributed by atoms with Crippen molar-refractivity contribution < 1.29 is 18.7 Å². The smallest absolute Gasteiger partial charge is 0.253 e. The molecule has 1 unspecified atom stereocenters. The maximum absolute atomic E-state index is 12.9. The second kappa shape index (κ2) is 8.10. The number of morpholine rings is 1. The third-order valence-electron chi connectivity index (χ3n) is 4.38. The number of hydrogen-bond donors (Lipinski definition) is 1. The maximum Gasteiger partial charge on any atom is 0.253 e. The molecule has 6 heteroatoms. The molecule has 136 valence electrons. The van der Waals surface area contributed by atoms with E-state index in [2.05, 4.69) is 12.2 Å². The monoisotopic (exact) mass is 356 g/mol. The van der Waals surface area contributed by atoms with Crippen molar-refractivity contribution in [2.45, 2.75) is 19.4 Å². The first-order valence-corrected chi connectivity index (χ1v) is 8.61. The molecule has 0 saturated carbocycles. The lowest BCUT2D eigenvalue weighted by Gasteiger charge is -2.33. The fourth-order valence-corrected chi connectivity index (χ4v) is 2.82. The largest absolute Gasteiger partial charge is 0.365 e. The van der Waals surface area contributed by atoms with Gasteiger partial charge in [0.15, 0.2) is 0 Å². The van der Waals surface area contributed by atoms with Crippen molar-refractivity contribution in [1.82, 2.24) is 5.32 Å². The zero-order valence-corrected chi connectivity index (χ0v) is 14.6. The van der Waals surface area contributed by atoms with Gasteiger partial charge in [0.2, 0.25) is 0 Å². The van der Waals surface area contributed by atoms with Crippen LogP contribution in [-0.4, -0.2) is 37.6 Å². The van der Waals surface area contributed by atoms with Crippen molar-refractivity contribution in [1.29, 1.82) is 0 Å². The highest BCUT2D eigenvalue weighted by molar-refractivity contribution is 5.95. The first-order chi connectivity index (χ1) is 12.6. The summed E-state index contributed by atoms with van der Waals surface area (Å²) in [6.07, 6.45) is 0.637. The molecule has 1 aliphatic rings. The quantitative estimate of drug-likeness (QED) is 0.896. The first-order valence-electron chi connectivity index (χ1n) is 8.61. The Bertz CT molecular complexity index is 775. The Hall–Kier alpha value is -2.73. The molecule has 1 saturated heterocycles. The molecule has 2 amide bonds. The molecule has 0 bridgehead atoms. The molecule has 1 N–H and O–H groups in total. The topological polar surface area (TPSA) is 58.6 Å². The molecule has 1 atom stereocenters. The molecule has 2 aromatic carbocycles. The van der Waals surface area contributed by atoms with E-state index in [1.54, 1.807) is 4.90 Å². The van der Waals surface area contributed by atoms with Gasteiger partial charge in [-0.2, -0.15) is 0 Å². The lowest BCUT2D eigenvalue weighted by molar-refractivity contribution is -0.129. The number of carbonyl (C=O) groups is 2. The van der Waals surface area contributed by atoms with Crippen LogP contribution in [0, 0.1) is 5.82 Å². The molecule has 0 spiro atoms. The van der Waals surface area contributed by atoms with Crippen molar-refractivity contribution in [3.8, 4) is 0 Å². The number of hydrogen-bond acceptors (Lipinski definition) is 3. The minimum Gasteiger partial charge on any atom is -0.365 e. The maximum atomic E-state index is 12.9. The number of rotatable bonds is 5. The van der Waals surface area contributed by atoms with Crippen LogP contribution in [0.15, 0.2) is 48.5 Å². The van der Waals surface area contributed by atoms with E-state index in [1.165, 1.54) is 29.8 Å². The third kappa shape index (κ3) is 4.26. The van der Waals surface area contributed by atoms with E-state index < -0.39 is 0 Å². The van der Waals surface area contributed by atoms with Gasteiger partial charge < -0.3 is 15.0 Å². The van der Waals surface area contributed by atoms with Gasteiger partial charge in [-0.3, -0.25) is 9.59 Å². The minimum absolute atomic E-state index is 0.0212. The molecule has 5 nitrogen and oxygen atoms in total. The summed E-state index contributed by atoms with van der Waals surface area (Å²) < 4.78 is 18.5. The molecular formula is C20H21FN2O3. The summed E-state index contributed by atoms with van der Waals surface area (Å²) in [7, 11) is 0. The van der Waals surface area contributed by atoms with Crippen molar-refractivity contribution >= 4 is 17.5 Å². The van der Waals surface area contributed by atoms with Crippen LogP contribution >= 0.6 is 0 Å². The van der Waals surface area contributed by atoms with Gasteiger partial charge in [-0.05, 0) is 48.4 Å². The van der Waals surface area contributed by atoms with E-state index in [1.807, 2.05) is 24.3 Å². The van der Waals surface area contributed by atoms with E-state index in [0.717, 1.165) is 12.1 Å². The van der Waals surface area contributed by atoms with Crippen molar-refractivity contribution in [2.24, 2.45) is 0 Å². The first kappa shape index (κ1) is 18.1. The van der Waals surface area contributed by atoms with Crippen molar-refractivity contribution in [2.75, 3.05) is 24.6 Å². The molecule has 0 aromatic heterocycles. The fourth-order valence-electron chi connectivity index (χ4n) is 2.82. The van der Waals surface area contributed by atoms with E-state index in [-0.39, 0.29) is 36.9 Å². The lowest BCUT2D eigenvalue weighted by Crippen LogP contribution is -2.50. The highest BCUT2D eigenvalue weighted by Crippen LogP contribution is 2.19. The molecule has 1 heterocycles.